The molecule has 2 aliphatic heterocycles. The number of nitrogens with zero attached hydrogens (tertiary/aromatic N) is 2. The van der Waals surface area contributed by atoms with E-state index in [0.29, 0.717) is 6.04 Å². The van der Waals surface area contributed by atoms with Crippen LogP contribution in [0.1, 0.15) is 39.5 Å². The Kier molecular flexibility index (Phi) is 3.73. The predicted molar refractivity (Wildman–Crippen MR) is 68.7 cm³/mol. The number of rotatable bonds is 3. The van der Waals surface area contributed by atoms with Crippen LogP contribution in [0.4, 0.5) is 0 Å². The number of nitrogens with two attached hydrogens (primary N) is 1. The first-order chi connectivity index (χ1) is 8.10. The van der Waals surface area contributed by atoms with Crippen molar-refractivity contribution in [3.05, 3.63) is 0 Å². The minimum absolute atomic E-state index is 0.161. The summed E-state index contributed by atoms with van der Waals surface area (Å²) >= 11 is 0. The number of piperazine rings is 1. The monoisotopic (exact) mass is 239 g/mol. The average Bonchev–Trinajstić information content (AvgIpc) is 2.84. The molecule has 98 valence electrons. The Morgan fingerprint density at radius 1 is 1.29 bits per heavy atom. The Bertz CT molecular complexity index is 288. The highest BCUT2D eigenvalue weighted by Crippen LogP contribution is 2.24. The van der Waals surface area contributed by atoms with E-state index in [4.69, 9.17) is 5.73 Å². The maximum Gasteiger partial charge on any atom is 0.242 e. The van der Waals surface area contributed by atoms with Gasteiger partial charge in [0.25, 0.3) is 0 Å². The molecule has 0 saturated carbocycles. The maximum atomic E-state index is 12.5. The summed E-state index contributed by atoms with van der Waals surface area (Å²) in [6, 6.07) is 0.589. The van der Waals surface area contributed by atoms with Crippen molar-refractivity contribution in [3.8, 4) is 0 Å². The standard InChI is InChI=1S/C13H25N3O/c1-3-13(14,4-2)12(17)16-9-8-15-7-5-6-11(15)10-16/h11H,3-10,14H2,1-2H3. The van der Waals surface area contributed by atoms with E-state index in [0.717, 1.165) is 32.5 Å². The van der Waals surface area contributed by atoms with Gasteiger partial charge in [0.15, 0.2) is 0 Å². The molecule has 17 heavy (non-hydrogen) atoms. The lowest BCUT2D eigenvalue weighted by molar-refractivity contribution is -0.140. The molecule has 2 N–H and O–H groups in total. The zero-order valence-corrected chi connectivity index (χ0v) is 11.1. The number of hydrogen-bond donors (Lipinski definition) is 1. The number of carbonyl (C=O) groups is 1. The quantitative estimate of drug-likeness (QED) is 0.793. The van der Waals surface area contributed by atoms with Gasteiger partial charge in [-0.05, 0) is 32.2 Å². The van der Waals surface area contributed by atoms with Crippen molar-refractivity contribution in [1.29, 1.82) is 0 Å². The van der Waals surface area contributed by atoms with E-state index >= 15 is 0 Å². The second-order valence-electron chi connectivity index (χ2n) is 5.45. The summed E-state index contributed by atoms with van der Waals surface area (Å²) in [5.41, 5.74) is 5.57. The highest BCUT2D eigenvalue weighted by atomic mass is 16.2. The van der Waals surface area contributed by atoms with E-state index in [2.05, 4.69) is 4.90 Å². The highest BCUT2D eigenvalue weighted by Gasteiger charge is 2.38. The van der Waals surface area contributed by atoms with Crippen LogP contribution in [0.2, 0.25) is 0 Å². The molecule has 1 amide bonds. The fourth-order valence-electron chi connectivity index (χ4n) is 3.04. The summed E-state index contributed by atoms with van der Waals surface area (Å²) < 4.78 is 0. The zero-order valence-electron chi connectivity index (χ0n) is 11.1. The van der Waals surface area contributed by atoms with Crippen LogP contribution in [0.5, 0.6) is 0 Å². The molecule has 1 unspecified atom stereocenters. The molecule has 4 heteroatoms. The number of carbonyl (C=O) groups excluding carboxylic acids is 1. The van der Waals surface area contributed by atoms with Crippen molar-refractivity contribution in [3.63, 3.8) is 0 Å². The molecular formula is C13H25N3O. The van der Waals surface area contributed by atoms with Crippen LogP contribution in [0.25, 0.3) is 0 Å². The summed E-state index contributed by atoms with van der Waals surface area (Å²) in [5, 5.41) is 0. The molecular weight excluding hydrogens is 214 g/mol. The topological polar surface area (TPSA) is 49.6 Å². The lowest BCUT2D eigenvalue weighted by Crippen LogP contribution is -2.60. The van der Waals surface area contributed by atoms with Crippen LogP contribution in [-0.4, -0.2) is 53.5 Å². The Morgan fingerprint density at radius 2 is 2.00 bits per heavy atom. The minimum Gasteiger partial charge on any atom is -0.338 e. The fraction of sp³-hybridized carbons (Fsp3) is 0.923. The van der Waals surface area contributed by atoms with E-state index < -0.39 is 5.54 Å². The Labute approximate surface area is 104 Å². The fourth-order valence-corrected chi connectivity index (χ4v) is 3.04. The molecule has 0 aromatic heterocycles. The lowest BCUT2D eigenvalue weighted by atomic mass is 9.92. The van der Waals surface area contributed by atoms with Crippen molar-refractivity contribution < 1.29 is 4.79 Å². The van der Waals surface area contributed by atoms with Crippen molar-refractivity contribution in [2.75, 3.05) is 26.2 Å². The van der Waals surface area contributed by atoms with Crippen molar-refractivity contribution >= 4 is 5.91 Å². The van der Waals surface area contributed by atoms with E-state index in [1.54, 1.807) is 0 Å². The molecule has 0 aromatic carbocycles. The minimum atomic E-state index is -0.638. The van der Waals surface area contributed by atoms with Crippen molar-refractivity contribution in [2.45, 2.75) is 51.1 Å². The number of hydrogen-bond acceptors (Lipinski definition) is 3. The number of fused-ring (bicyclic) bond motifs is 1. The van der Waals surface area contributed by atoms with Crippen LogP contribution in [-0.2, 0) is 4.79 Å². The Hall–Kier alpha value is -0.610. The van der Waals surface area contributed by atoms with E-state index in [9.17, 15) is 4.79 Å². The summed E-state index contributed by atoms with van der Waals surface area (Å²) in [6.07, 6.45) is 3.97. The number of amides is 1. The molecule has 0 aliphatic carbocycles. The first-order valence-corrected chi connectivity index (χ1v) is 6.93. The summed E-state index contributed by atoms with van der Waals surface area (Å²) in [5.74, 6) is 0.161. The lowest BCUT2D eigenvalue weighted by Gasteiger charge is -2.41. The molecule has 2 heterocycles. The molecule has 2 aliphatic rings. The van der Waals surface area contributed by atoms with Crippen LogP contribution < -0.4 is 5.73 Å². The highest BCUT2D eigenvalue weighted by molar-refractivity contribution is 5.86. The van der Waals surface area contributed by atoms with Gasteiger partial charge in [0.1, 0.15) is 0 Å². The van der Waals surface area contributed by atoms with Crippen LogP contribution in [0.15, 0.2) is 0 Å². The van der Waals surface area contributed by atoms with Gasteiger partial charge < -0.3 is 10.6 Å². The Balaban J connectivity index is 2.01. The second-order valence-corrected chi connectivity index (χ2v) is 5.45. The average molecular weight is 239 g/mol. The van der Waals surface area contributed by atoms with Gasteiger partial charge in [-0.2, -0.15) is 0 Å². The molecule has 2 saturated heterocycles. The zero-order chi connectivity index (χ0) is 12.5. The van der Waals surface area contributed by atoms with Gasteiger partial charge in [0.2, 0.25) is 5.91 Å². The van der Waals surface area contributed by atoms with Gasteiger partial charge >= 0.3 is 0 Å². The molecule has 0 spiro atoms. The smallest absolute Gasteiger partial charge is 0.242 e. The van der Waals surface area contributed by atoms with Crippen molar-refractivity contribution in [1.82, 2.24) is 9.80 Å². The van der Waals surface area contributed by atoms with Gasteiger partial charge in [-0.25, -0.2) is 0 Å². The third-order valence-electron chi connectivity index (χ3n) is 4.56. The SMILES string of the molecule is CCC(N)(CC)C(=O)N1CCN2CCCC2C1. The first-order valence-electron chi connectivity index (χ1n) is 6.93. The second kappa shape index (κ2) is 4.94. The van der Waals surface area contributed by atoms with Crippen LogP contribution >= 0.6 is 0 Å². The van der Waals surface area contributed by atoms with Crippen molar-refractivity contribution in [2.24, 2.45) is 5.73 Å². The Morgan fingerprint density at radius 3 is 2.65 bits per heavy atom. The molecule has 0 bridgehead atoms. The molecule has 0 radical (unpaired) electrons. The van der Waals surface area contributed by atoms with Gasteiger partial charge in [0, 0.05) is 25.7 Å². The van der Waals surface area contributed by atoms with E-state index in [1.165, 1.54) is 19.4 Å². The van der Waals surface area contributed by atoms with Crippen LogP contribution in [0, 0.1) is 0 Å². The summed E-state index contributed by atoms with van der Waals surface area (Å²) in [4.78, 5) is 17.0. The van der Waals surface area contributed by atoms with E-state index in [-0.39, 0.29) is 5.91 Å². The molecule has 1 atom stereocenters. The molecule has 0 aromatic rings. The molecule has 2 fully saturated rings. The third-order valence-corrected chi connectivity index (χ3v) is 4.56. The van der Waals surface area contributed by atoms with Gasteiger partial charge in [-0.1, -0.05) is 13.8 Å². The first kappa shape index (κ1) is 12.8. The summed E-state index contributed by atoms with van der Waals surface area (Å²) in [7, 11) is 0. The van der Waals surface area contributed by atoms with Gasteiger partial charge in [-0.3, -0.25) is 9.69 Å². The summed E-state index contributed by atoms with van der Waals surface area (Å²) in [6.45, 7) is 7.99. The largest absolute Gasteiger partial charge is 0.338 e. The normalized spacial score (nSPS) is 26.1. The van der Waals surface area contributed by atoms with Gasteiger partial charge in [0.05, 0.1) is 5.54 Å². The maximum absolute atomic E-state index is 12.5. The predicted octanol–water partition coefficient (Wildman–Crippen LogP) is 0.811. The van der Waals surface area contributed by atoms with Gasteiger partial charge in [-0.15, -0.1) is 0 Å². The van der Waals surface area contributed by atoms with E-state index in [1.807, 2.05) is 18.7 Å². The van der Waals surface area contributed by atoms with Crippen LogP contribution in [0.3, 0.4) is 0 Å². The molecule has 2 rings (SSSR count). The third kappa shape index (κ3) is 2.33. The molecule has 4 nitrogen and oxygen atoms in total.